The predicted molar refractivity (Wildman–Crippen MR) is 92.8 cm³/mol. The molecule has 4 N–H and O–H groups in total. The highest BCUT2D eigenvalue weighted by atomic mass is 14.6. The highest BCUT2D eigenvalue weighted by molar-refractivity contribution is 5.58. The molecule has 2 rings (SSSR count). The molecular weight excluding hydrogens is 256 g/mol. The minimum absolute atomic E-state index is 0.392. The van der Waals surface area contributed by atoms with Gasteiger partial charge in [0.2, 0.25) is 0 Å². The molecule has 0 unspecified atom stereocenters. The number of benzene rings is 2. The maximum atomic E-state index is 6.03. The lowest BCUT2D eigenvalue weighted by molar-refractivity contribution is 0.763. The second-order valence-corrected chi connectivity index (χ2v) is 5.95. The average Bonchev–Trinajstić information content (AvgIpc) is 2.47. The van der Waals surface area contributed by atoms with E-state index in [2.05, 4.69) is 46.8 Å². The summed E-state index contributed by atoms with van der Waals surface area (Å²) in [5.74, 6) is 0.392. The van der Waals surface area contributed by atoms with Gasteiger partial charge in [-0.1, -0.05) is 19.1 Å². The Morgan fingerprint density at radius 3 is 1.43 bits per heavy atom. The average molecular weight is 282 g/mol. The fourth-order valence-corrected chi connectivity index (χ4v) is 3.09. The summed E-state index contributed by atoms with van der Waals surface area (Å²) in [6.45, 7) is 10.8. The van der Waals surface area contributed by atoms with Crippen molar-refractivity contribution in [1.29, 1.82) is 0 Å². The molecule has 0 aliphatic rings. The third kappa shape index (κ3) is 2.63. The molecule has 2 nitrogen and oxygen atoms in total. The Bertz CT molecular complexity index is 614. The van der Waals surface area contributed by atoms with Crippen LogP contribution in [0.25, 0.3) is 0 Å². The molecule has 0 fully saturated rings. The number of hydrogen-bond donors (Lipinski definition) is 2. The van der Waals surface area contributed by atoms with Crippen LogP contribution in [0.3, 0.4) is 0 Å². The summed E-state index contributed by atoms with van der Waals surface area (Å²) in [5, 5.41) is 0. The molecule has 21 heavy (non-hydrogen) atoms. The summed E-state index contributed by atoms with van der Waals surface area (Å²) in [6, 6.07) is 8.41. The monoisotopic (exact) mass is 282 g/mol. The van der Waals surface area contributed by atoms with Crippen LogP contribution >= 0.6 is 0 Å². The Morgan fingerprint density at radius 1 is 0.714 bits per heavy atom. The molecule has 0 atom stereocenters. The van der Waals surface area contributed by atoms with E-state index in [9.17, 15) is 0 Å². The maximum Gasteiger partial charge on any atom is 0.0346 e. The molecule has 0 spiro atoms. The van der Waals surface area contributed by atoms with Gasteiger partial charge in [-0.25, -0.2) is 0 Å². The van der Waals surface area contributed by atoms with E-state index in [4.69, 9.17) is 11.5 Å². The van der Waals surface area contributed by atoms with Crippen LogP contribution in [0.4, 0.5) is 11.4 Å². The number of hydrogen-bond acceptors (Lipinski definition) is 2. The van der Waals surface area contributed by atoms with Crippen molar-refractivity contribution in [2.75, 3.05) is 11.5 Å². The van der Waals surface area contributed by atoms with E-state index < -0.39 is 0 Å². The fraction of sp³-hybridized carbons (Fsp3) is 0.368. The van der Waals surface area contributed by atoms with E-state index >= 15 is 0 Å². The molecule has 0 amide bonds. The Hall–Kier alpha value is -1.96. The van der Waals surface area contributed by atoms with Gasteiger partial charge in [0.15, 0.2) is 0 Å². The van der Waals surface area contributed by atoms with E-state index in [0.717, 1.165) is 17.8 Å². The summed E-state index contributed by atoms with van der Waals surface area (Å²) in [5.41, 5.74) is 21.5. The first-order valence-corrected chi connectivity index (χ1v) is 7.59. The molecule has 0 aliphatic carbocycles. The highest BCUT2D eigenvalue weighted by Gasteiger charge is 2.19. The summed E-state index contributed by atoms with van der Waals surface area (Å²) in [4.78, 5) is 0. The molecule has 2 aromatic carbocycles. The minimum atomic E-state index is 0.392. The molecule has 2 heteroatoms. The van der Waals surface area contributed by atoms with Gasteiger partial charge in [0.05, 0.1) is 0 Å². The van der Waals surface area contributed by atoms with Gasteiger partial charge in [-0.15, -0.1) is 0 Å². The lowest BCUT2D eigenvalue weighted by atomic mass is 9.82. The van der Waals surface area contributed by atoms with Crippen LogP contribution in [-0.4, -0.2) is 0 Å². The molecule has 0 saturated carbocycles. The van der Waals surface area contributed by atoms with E-state index in [0.29, 0.717) is 5.92 Å². The fourth-order valence-electron chi connectivity index (χ4n) is 3.09. The SMILES string of the molecule is CCC(c1ccc(N)c(C)c1C)c1ccc(N)c(C)c1C. The van der Waals surface area contributed by atoms with Crippen molar-refractivity contribution < 1.29 is 0 Å². The van der Waals surface area contributed by atoms with Gasteiger partial charge in [-0.3, -0.25) is 0 Å². The van der Waals surface area contributed by atoms with Crippen LogP contribution in [0, 0.1) is 27.7 Å². The number of nitrogens with two attached hydrogens (primary N) is 2. The van der Waals surface area contributed by atoms with E-state index in [-0.39, 0.29) is 0 Å². The third-order valence-electron chi connectivity index (χ3n) is 4.90. The molecule has 112 valence electrons. The van der Waals surface area contributed by atoms with Crippen molar-refractivity contribution >= 4 is 11.4 Å². The largest absolute Gasteiger partial charge is 0.399 e. The first-order valence-electron chi connectivity index (χ1n) is 7.59. The highest BCUT2D eigenvalue weighted by Crippen LogP contribution is 2.36. The van der Waals surface area contributed by atoms with Crippen molar-refractivity contribution in [3.8, 4) is 0 Å². The Kier molecular flexibility index (Phi) is 4.26. The molecule has 0 bridgehead atoms. The molecule has 0 heterocycles. The second kappa shape index (κ2) is 5.80. The third-order valence-corrected chi connectivity index (χ3v) is 4.90. The molecule has 0 aliphatic heterocycles. The van der Waals surface area contributed by atoms with Gasteiger partial charge in [0, 0.05) is 17.3 Å². The van der Waals surface area contributed by atoms with Gasteiger partial charge in [-0.2, -0.15) is 0 Å². The maximum absolute atomic E-state index is 6.03. The number of rotatable bonds is 3. The molecule has 2 aromatic rings. The summed E-state index contributed by atoms with van der Waals surface area (Å²) in [6.07, 6.45) is 1.06. The smallest absolute Gasteiger partial charge is 0.0346 e. The second-order valence-electron chi connectivity index (χ2n) is 5.95. The van der Waals surface area contributed by atoms with Crippen LogP contribution in [0.5, 0.6) is 0 Å². The van der Waals surface area contributed by atoms with Crippen molar-refractivity contribution in [2.24, 2.45) is 0 Å². The van der Waals surface area contributed by atoms with Crippen LogP contribution in [0.1, 0.15) is 52.6 Å². The van der Waals surface area contributed by atoms with Crippen LogP contribution in [-0.2, 0) is 0 Å². The van der Waals surface area contributed by atoms with Crippen molar-refractivity contribution in [1.82, 2.24) is 0 Å². The van der Waals surface area contributed by atoms with Crippen LogP contribution < -0.4 is 11.5 Å². The van der Waals surface area contributed by atoms with Gasteiger partial charge in [-0.05, 0) is 79.6 Å². The minimum Gasteiger partial charge on any atom is -0.399 e. The van der Waals surface area contributed by atoms with Crippen molar-refractivity contribution in [3.05, 3.63) is 57.6 Å². The lowest BCUT2D eigenvalue weighted by Gasteiger charge is -2.23. The zero-order chi connectivity index (χ0) is 15.7. The van der Waals surface area contributed by atoms with Crippen molar-refractivity contribution in [3.63, 3.8) is 0 Å². The zero-order valence-electron chi connectivity index (χ0n) is 13.7. The summed E-state index contributed by atoms with van der Waals surface area (Å²) >= 11 is 0. The molecule has 0 radical (unpaired) electrons. The van der Waals surface area contributed by atoms with E-state index in [1.807, 2.05) is 12.1 Å². The van der Waals surface area contributed by atoms with Crippen molar-refractivity contribution in [2.45, 2.75) is 47.0 Å². The topological polar surface area (TPSA) is 52.0 Å². The first-order chi connectivity index (χ1) is 9.88. The Labute approximate surface area is 128 Å². The summed E-state index contributed by atoms with van der Waals surface area (Å²) < 4.78 is 0. The van der Waals surface area contributed by atoms with Gasteiger partial charge in [0.25, 0.3) is 0 Å². The zero-order valence-corrected chi connectivity index (χ0v) is 13.7. The molecular formula is C19H26N2. The quantitative estimate of drug-likeness (QED) is 0.807. The van der Waals surface area contributed by atoms with E-state index in [1.165, 1.54) is 33.4 Å². The van der Waals surface area contributed by atoms with Gasteiger partial charge in [0.1, 0.15) is 0 Å². The number of nitrogen functional groups attached to an aromatic ring is 2. The van der Waals surface area contributed by atoms with E-state index in [1.54, 1.807) is 0 Å². The molecule has 0 saturated heterocycles. The van der Waals surface area contributed by atoms with Gasteiger partial charge >= 0.3 is 0 Å². The van der Waals surface area contributed by atoms with Crippen LogP contribution in [0.15, 0.2) is 24.3 Å². The number of anilines is 2. The molecule has 0 aromatic heterocycles. The normalized spacial score (nSPS) is 11.1. The predicted octanol–water partition coefficient (Wildman–Crippen LogP) is 4.63. The lowest BCUT2D eigenvalue weighted by Crippen LogP contribution is -2.08. The Balaban J connectivity index is 2.61. The Morgan fingerprint density at radius 2 is 1.10 bits per heavy atom. The van der Waals surface area contributed by atoms with Gasteiger partial charge < -0.3 is 11.5 Å². The first kappa shape index (κ1) is 15.4. The standard InChI is InChI=1S/C19H26N2/c1-6-15(16-7-9-18(20)13(4)11(16)2)17-8-10-19(21)14(5)12(17)3/h7-10,15H,6,20-21H2,1-5H3. The summed E-state index contributed by atoms with van der Waals surface area (Å²) in [7, 11) is 0. The van der Waals surface area contributed by atoms with Crippen LogP contribution in [0.2, 0.25) is 0 Å².